The van der Waals surface area contributed by atoms with Crippen LogP contribution in [0, 0.1) is 29.6 Å². The lowest BCUT2D eigenvalue weighted by molar-refractivity contribution is -0.145. The first-order chi connectivity index (χ1) is 68.8. The molecule has 6 unspecified atom stereocenters. The van der Waals surface area contributed by atoms with Crippen molar-refractivity contribution in [1.29, 1.82) is 0 Å². The van der Waals surface area contributed by atoms with E-state index in [4.69, 9.17) is 112 Å². The third-order valence-electron chi connectivity index (χ3n) is 32.0. The molecule has 6 saturated heterocycles. The minimum atomic E-state index is -4.45. The van der Waals surface area contributed by atoms with E-state index >= 15 is 0 Å². The molecule has 5 saturated carbocycles. The maximum absolute atomic E-state index is 13.7. The second-order valence-corrected chi connectivity index (χ2v) is 51.8. The van der Waals surface area contributed by atoms with Crippen LogP contribution >= 0.6 is 0 Å². The summed E-state index contributed by atoms with van der Waals surface area (Å²) in [5.74, 6) is -10.1. The minimum absolute atomic E-state index is 0.00576. The molecule has 67 heteroatoms. The van der Waals surface area contributed by atoms with Crippen LogP contribution in [0.4, 0.5) is 19.2 Å². The molecule has 0 amide bonds. The predicted octanol–water partition coefficient (Wildman–Crippen LogP) is -7.72. The molecule has 36 N–H and O–H groups in total. The molecule has 848 valence electrons. The molecule has 16 atom stereocenters. The van der Waals surface area contributed by atoms with Crippen LogP contribution in [-0.4, -0.2) is 428 Å². The number of aromatic nitrogens is 2. The Bertz CT molecular complexity index is 5420. The molecular formula is C82H153B5F3N23O31S5. The number of halogens is 3. The van der Waals surface area contributed by atoms with Crippen LogP contribution in [-0.2, 0) is 81.6 Å². The van der Waals surface area contributed by atoms with E-state index in [1.54, 1.807) is 45.2 Å². The van der Waals surface area contributed by atoms with Crippen molar-refractivity contribution in [2.24, 2.45) is 86.9 Å². The summed E-state index contributed by atoms with van der Waals surface area (Å²) in [4.78, 5) is 67.5. The van der Waals surface area contributed by atoms with Crippen molar-refractivity contribution in [2.45, 2.75) is 306 Å². The van der Waals surface area contributed by atoms with Gasteiger partial charge in [-0.2, -0.15) is 80.8 Å². The van der Waals surface area contributed by atoms with Crippen LogP contribution in [0.15, 0.2) is 41.3 Å². The summed E-state index contributed by atoms with van der Waals surface area (Å²) in [7, 11) is -28.6. The number of aliphatic carboxylic acids is 5. The molecule has 2 aromatic rings. The summed E-state index contributed by atoms with van der Waals surface area (Å²) in [5.41, 5.74) is 49.8. The van der Waals surface area contributed by atoms with Crippen molar-refractivity contribution in [3.63, 3.8) is 0 Å². The lowest BCUT2D eigenvalue weighted by atomic mass is 9.78. The molecule has 2 aromatic heterocycles. The zero-order valence-corrected chi connectivity index (χ0v) is 88.6. The van der Waals surface area contributed by atoms with E-state index in [1.807, 2.05) is 6.92 Å². The zero-order chi connectivity index (χ0) is 112. The fourth-order valence-electron chi connectivity index (χ4n) is 20.5. The lowest BCUT2D eigenvalue weighted by Crippen LogP contribution is -2.60. The van der Waals surface area contributed by atoms with Crippen molar-refractivity contribution in [3.8, 4) is 0 Å². The Balaban J connectivity index is 0.000000207. The van der Waals surface area contributed by atoms with E-state index in [0.717, 1.165) is 38.7 Å². The third-order valence-corrected chi connectivity index (χ3v) is 42.0. The monoisotopic (exact) mass is 2230 g/mol. The fourth-order valence-corrected chi connectivity index (χ4v) is 30.4. The van der Waals surface area contributed by atoms with Gasteiger partial charge in [-0.3, -0.25) is 29.0 Å². The number of nitrogens with one attached hydrogen (secondary N) is 1. The number of nitrogens with two attached hydrogens (primary N) is 10. The van der Waals surface area contributed by atoms with Gasteiger partial charge >= 0.3 is 81.7 Å². The van der Waals surface area contributed by atoms with Crippen LogP contribution in [0.25, 0.3) is 0 Å². The van der Waals surface area contributed by atoms with Gasteiger partial charge in [0.1, 0.15) is 40.6 Å². The van der Waals surface area contributed by atoms with Crippen LogP contribution in [0.2, 0.25) is 31.6 Å². The van der Waals surface area contributed by atoms with Crippen molar-refractivity contribution in [2.75, 3.05) is 103 Å². The Morgan fingerprint density at radius 3 is 0.993 bits per heavy atom. The van der Waals surface area contributed by atoms with Crippen LogP contribution < -0.4 is 67.0 Å². The third kappa shape index (κ3) is 30.0. The Kier molecular flexibility index (Phi) is 42.5. The predicted molar refractivity (Wildman–Crippen MR) is 539 cm³/mol. The van der Waals surface area contributed by atoms with Gasteiger partial charge in [-0.05, 0) is 188 Å². The van der Waals surface area contributed by atoms with Crippen molar-refractivity contribution < 1.29 is 159 Å². The van der Waals surface area contributed by atoms with Gasteiger partial charge in [0, 0.05) is 172 Å². The average Bonchev–Trinajstić information content (AvgIpc) is 1.56. The largest absolute Gasteiger partial charge is 0.480 e. The molecule has 6 aliphatic heterocycles. The minimum Gasteiger partial charge on any atom is -0.480 e. The molecule has 0 spiro atoms. The van der Waals surface area contributed by atoms with Gasteiger partial charge in [-0.15, -0.1) is 0 Å². The average molecular weight is 2230 g/mol. The van der Waals surface area contributed by atoms with Crippen molar-refractivity contribution in [1.82, 2.24) is 54.0 Å². The Labute approximate surface area is 868 Å². The highest BCUT2D eigenvalue weighted by Gasteiger charge is 2.64. The maximum atomic E-state index is 13.7. The highest BCUT2D eigenvalue weighted by molar-refractivity contribution is 7.90. The smallest absolute Gasteiger partial charge is 0.451 e. The molecule has 5 aliphatic carbocycles. The molecule has 0 radical (unpaired) electrons. The molecule has 54 nitrogen and oxygen atoms in total. The number of rotatable bonds is 53. The van der Waals surface area contributed by atoms with Crippen molar-refractivity contribution in [3.05, 3.63) is 42.5 Å². The van der Waals surface area contributed by atoms with Gasteiger partial charge in [-0.25, -0.2) is 22.5 Å². The number of carbonyl (C=O) groups is 5. The van der Waals surface area contributed by atoms with Gasteiger partial charge in [0.05, 0.1) is 31.0 Å². The summed E-state index contributed by atoms with van der Waals surface area (Å²) in [6, 6.07) is 1.73. The second-order valence-electron chi connectivity index (χ2n) is 42.5. The second kappa shape index (κ2) is 50.0. The van der Waals surface area contributed by atoms with Crippen molar-refractivity contribution >= 4 is 122 Å². The number of oxazole rings is 1. The summed E-state index contributed by atoms with van der Waals surface area (Å²) in [5, 5.41) is 142. The summed E-state index contributed by atoms with van der Waals surface area (Å²) in [6.45, 7) is 4.51. The van der Waals surface area contributed by atoms with Crippen LogP contribution in [0.1, 0.15) is 175 Å². The Morgan fingerprint density at radius 1 is 0.423 bits per heavy atom. The zero-order valence-electron chi connectivity index (χ0n) is 84.5. The number of carboxylic acid groups (broad SMARTS) is 5. The van der Waals surface area contributed by atoms with Gasteiger partial charge in [-0.1, -0.05) is 38.2 Å². The van der Waals surface area contributed by atoms with Gasteiger partial charge in [0.25, 0.3) is 47.3 Å². The number of hydrogen-bond donors (Lipinski definition) is 26. The number of pyridine rings is 1. The topological polar surface area (TPSA) is 903 Å². The van der Waals surface area contributed by atoms with E-state index in [9.17, 15) is 105 Å². The van der Waals surface area contributed by atoms with Gasteiger partial charge in [0.15, 0.2) is 0 Å². The molecule has 13 rings (SSSR count). The first kappa shape index (κ1) is 127. The molecule has 8 heterocycles. The Morgan fingerprint density at radius 2 is 0.718 bits per heavy atom. The van der Waals surface area contributed by atoms with Crippen LogP contribution in [0.3, 0.4) is 0 Å². The summed E-state index contributed by atoms with van der Waals surface area (Å²) < 4.78 is 190. The summed E-state index contributed by atoms with van der Waals surface area (Å²) >= 11 is 0. The highest BCUT2D eigenvalue weighted by atomic mass is 32.2. The molecular weight excluding hydrogens is 2070 g/mol. The Hall–Kier alpha value is -5.83. The first-order valence-electron chi connectivity index (χ1n) is 49.9. The number of nitrogens with zero attached hydrogens (tertiary/aromatic N) is 12. The van der Waals surface area contributed by atoms with Crippen LogP contribution in [0.5, 0.6) is 0 Å². The normalized spacial score (nSPS) is 28.4. The van der Waals surface area contributed by atoms with E-state index in [-0.39, 0.29) is 154 Å². The molecule has 0 aromatic carbocycles. The quantitative estimate of drug-likeness (QED) is 0.0274. The number of anilines is 1. The lowest BCUT2D eigenvalue weighted by Gasteiger charge is -2.38. The van der Waals surface area contributed by atoms with E-state index in [0.29, 0.717) is 93.7 Å². The number of hydrogen-bond acceptors (Lipinski definition) is 39. The molecule has 149 heavy (non-hydrogen) atoms. The maximum Gasteiger partial charge on any atom is 0.451 e. The van der Waals surface area contributed by atoms with Gasteiger partial charge in [0.2, 0.25) is 0 Å². The molecule has 0 bridgehead atoms. The standard InChI is InChI=1S/C19H32BN5O6S.C17H34BN5O6S.C16H28BN5O7S.C15H29BF2N4O6S.C15H30BFN4O6S/c1-14(18(21)7-8-18)25(12-16-6-2-3-10-23-16)32(30,31)24-11-15(5-4-9-20(28)29)19(22,13-24)17(26)27;1-12(16(19)5-6-16)23(14-4-8-21-9-14)30(28,29)22-10-13(3-2-7-18(26)27)17(20,11-22)15(24)25;1-11(15(18)4-5-15)22(14-20-7-8-29-14)30(27,28)21-9-12(3-2-6-17(25)26)16(19,10-21)13(23)24;1-10(14(19)4-5-14)22(8-12(17)18)29(27,28)21-7-11(3-2-6-16(25)26)15(20,9-21)13(23)24;1-11(14(18)4-5-14)21(8-7-17)28(26,27)20-9-12(3-2-6-16(24)25)15(19,10-20)13(22)23/h2-3,6,10,14-15,28-29H,4-5,7-9,11-13,21-22H2,1H3,(H,26,27);12-14,21,26-27H,2-11,19-20H2,1H3,(H,24,25);7-8,11-12,25-26H,2-6,9-10,18-19H2,1H3,(H,23,24);10-12,25-26H,2-9,19-20H2,1H3,(H,23,24);11-12,24-25H,2-10,18-19H2,1H3,(H,22,23)/t14?,15-,19-;12?,13-,14?,17-;11?,12-,16-;10?,11-,15-;11?,12-,15-/m00000/s1. The van der Waals surface area contributed by atoms with Gasteiger partial charge < -0.3 is 143 Å². The molecule has 11 fully saturated rings. The first-order valence-corrected chi connectivity index (χ1v) is 56.9. The highest BCUT2D eigenvalue weighted by Crippen LogP contribution is 2.49. The van der Waals surface area contributed by atoms with E-state index in [1.165, 1.54) is 32.3 Å². The number of alkyl halides is 3. The SMILES string of the molecule is CC(N(C1CCNC1)S(=O)(=O)N1C[C@H](CCCB(O)O)[C@](N)(C(=O)O)C1)C1(N)CC1.CC(N(CC(F)F)S(=O)(=O)N1C[C@H](CCCB(O)O)[C@](N)(C(=O)O)C1)C1(N)CC1.CC(N(CCF)S(=O)(=O)N1C[C@H](CCCB(O)O)[C@](N)(C(=O)O)C1)C1(N)CC1.CC(N(Cc1ccccn1)S(=O)(=O)N1C[C@H](CCCB(O)O)[C@](N)(C(=O)O)C1)C1(N)CC1.CC(N(c1ncco1)S(=O)(=O)N1C[C@H](CCCB(O)O)[C@](N)(C(=O)O)C1)C1(N)CC1. The van der Waals surface area contributed by atoms with E-state index in [2.05, 4.69) is 15.3 Å². The molecule has 11 aliphatic rings. The fraction of sp³-hybridized carbons (Fsp3) is 0.841. The van der Waals surface area contributed by atoms with E-state index < -0.39 is 271 Å². The number of carboxylic acids is 5. The summed E-state index contributed by atoms with van der Waals surface area (Å²) in [6.07, 6.45) is 11.0.